The molecule has 1 rings (SSSR count). The third-order valence-corrected chi connectivity index (χ3v) is 2.72. The van der Waals surface area contributed by atoms with E-state index >= 15 is 0 Å². The van der Waals surface area contributed by atoms with E-state index in [1.807, 2.05) is 45.9 Å². The highest BCUT2D eigenvalue weighted by Gasteiger charge is 2.20. The molecule has 0 atom stereocenters. The molecule has 2 N–H and O–H groups in total. The van der Waals surface area contributed by atoms with Crippen molar-refractivity contribution in [3.63, 3.8) is 0 Å². The molecule has 1 aromatic rings. The molecule has 0 aliphatic heterocycles. The molecule has 22 heavy (non-hydrogen) atoms. The van der Waals surface area contributed by atoms with Crippen LogP contribution in [0.25, 0.3) is 0 Å². The summed E-state index contributed by atoms with van der Waals surface area (Å²) in [6.07, 6.45) is 1.51. The Morgan fingerprint density at radius 1 is 1.18 bits per heavy atom. The second kappa shape index (κ2) is 11.1. The van der Waals surface area contributed by atoms with Crippen LogP contribution in [0.2, 0.25) is 0 Å². The molecule has 4 nitrogen and oxygen atoms in total. The van der Waals surface area contributed by atoms with Crippen LogP contribution in [0.1, 0.15) is 46.1 Å². The number of carbonyl (C=O) groups excluding carboxylic acids is 1. The van der Waals surface area contributed by atoms with Crippen LogP contribution in [0.4, 0.5) is 4.79 Å². The van der Waals surface area contributed by atoms with E-state index < -0.39 is 5.60 Å². The highest BCUT2D eigenvalue weighted by atomic mass is 16.6. The molecule has 0 unspecified atom stereocenters. The lowest BCUT2D eigenvalue weighted by Gasteiger charge is -2.27. The maximum atomic E-state index is 11.7. The van der Waals surface area contributed by atoms with Crippen LogP contribution in [-0.4, -0.2) is 36.2 Å². The lowest BCUT2D eigenvalue weighted by atomic mass is 10.2. The Balaban J connectivity index is 0.000000518. The van der Waals surface area contributed by atoms with E-state index in [0.717, 1.165) is 19.4 Å². The second-order valence-corrected chi connectivity index (χ2v) is 6.26. The van der Waals surface area contributed by atoms with Crippen molar-refractivity contribution in [1.82, 2.24) is 4.90 Å². The molecule has 0 radical (unpaired) electrons. The zero-order valence-corrected chi connectivity index (χ0v) is 14.8. The van der Waals surface area contributed by atoms with Crippen LogP contribution in [0.3, 0.4) is 0 Å². The predicted octanol–water partition coefficient (Wildman–Crippen LogP) is 3.98. The summed E-state index contributed by atoms with van der Waals surface area (Å²) in [7, 11) is 0. The molecule has 0 aliphatic carbocycles. The average molecular weight is 308 g/mol. The third kappa shape index (κ3) is 11.1. The average Bonchev–Trinajstić information content (AvgIpc) is 2.43. The van der Waals surface area contributed by atoms with Gasteiger partial charge in [0.2, 0.25) is 0 Å². The largest absolute Gasteiger partial charge is 0.444 e. The number of hydrogen-bond donors (Lipinski definition) is 1. The molecule has 0 fully saturated rings. The Labute approximate surface area is 135 Å². The maximum Gasteiger partial charge on any atom is 0.410 e. The Morgan fingerprint density at radius 3 is 2.14 bits per heavy atom. The Kier molecular flexibility index (Phi) is 10.3. The van der Waals surface area contributed by atoms with E-state index in [2.05, 4.69) is 19.1 Å². The maximum absolute atomic E-state index is 11.7. The molecule has 0 aliphatic rings. The van der Waals surface area contributed by atoms with Crippen molar-refractivity contribution in [2.24, 2.45) is 5.73 Å². The number of amides is 1. The first-order valence-corrected chi connectivity index (χ1v) is 7.99. The summed E-state index contributed by atoms with van der Waals surface area (Å²) in [4.78, 5) is 13.4. The molecule has 126 valence electrons. The van der Waals surface area contributed by atoms with Crippen LogP contribution in [-0.2, 0) is 4.74 Å². The van der Waals surface area contributed by atoms with Gasteiger partial charge in [0.25, 0.3) is 0 Å². The van der Waals surface area contributed by atoms with Crippen LogP contribution in [0, 0.1) is 6.92 Å². The van der Waals surface area contributed by atoms with E-state index in [-0.39, 0.29) is 6.09 Å². The number of carbonyl (C=O) groups is 1. The van der Waals surface area contributed by atoms with Gasteiger partial charge in [0.1, 0.15) is 5.60 Å². The normalized spacial score (nSPS) is 10.5. The molecule has 1 amide bonds. The number of nitrogens with two attached hydrogens (primary N) is 1. The highest BCUT2D eigenvalue weighted by molar-refractivity contribution is 5.68. The van der Waals surface area contributed by atoms with E-state index in [4.69, 9.17) is 10.5 Å². The number of hydrogen-bond acceptors (Lipinski definition) is 3. The SMILES string of the molecule is CCCN(CCCN)C(=O)OC(C)(C)C.Cc1ccccc1. The van der Waals surface area contributed by atoms with Crippen molar-refractivity contribution in [3.05, 3.63) is 35.9 Å². The highest BCUT2D eigenvalue weighted by Crippen LogP contribution is 2.10. The molecular weight excluding hydrogens is 276 g/mol. The fourth-order valence-electron chi connectivity index (χ4n) is 1.71. The zero-order chi connectivity index (χ0) is 17.0. The lowest BCUT2D eigenvalue weighted by Crippen LogP contribution is -2.38. The van der Waals surface area contributed by atoms with Crippen molar-refractivity contribution in [3.8, 4) is 0 Å². The fourth-order valence-corrected chi connectivity index (χ4v) is 1.71. The van der Waals surface area contributed by atoms with Gasteiger partial charge in [-0.2, -0.15) is 0 Å². The monoisotopic (exact) mass is 308 g/mol. The van der Waals surface area contributed by atoms with Gasteiger partial charge in [-0.05, 0) is 47.1 Å². The van der Waals surface area contributed by atoms with Crippen LogP contribution >= 0.6 is 0 Å². The molecule has 0 saturated carbocycles. The second-order valence-electron chi connectivity index (χ2n) is 6.26. The third-order valence-electron chi connectivity index (χ3n) is 2.72. The van der Waals surface area contributed by atoms with Gasteiger partial charge in [-0.1, -0.05) is 42.8 Å². The molecule has 0 saturated heterocycles. The van der Waals surface area contributed by atoms with E-state index in [1.165, 1.54) is 5.56 Å². The van der Waals surface area contributed by atoms with Crippen molar-refractivity contribution in [2.45, 2.75) is 53.1 Å². The summed E-state index contributed by atoms with van der Waals surface area (Å²) in [6, 6.07) is 10.3. The number of nitrogens with zero attached hydrogens (tertiary/aromatic N) is 1. The number of ether oxygens (including phenoxy) is 1. The standard InChI is InChI=1S/C11H24N2O2.C7H8/c1-5-8-13(9-6-7-12)10(14)15-11(2,3)4;1-7-5-3-2-4-6-7/h5-9,12H2,1-4H3;2-6H,1H3. The minimum atomic E-state index is -0.425. The fraction of sp³-hybridized carbons (Fsp3) is 0.611. The van der Waals surface area contributed by atoms with E-state index in [0.29, 0.717) is 13.1 Å². The first-order chi connectivity index (χ1) is 10.3. The van der Waals surface area contributed by atoms with E-state index in [9.17, 15) is 4.79 Å². The minimum absolute atomic E-state index is 0.238. The predicted molar refractivity (Wildman–Crippen MR) is 92.9 cm³/mol. The molecular formula is C18H32N2O2. The Hall–Kier alpha value is -1.55. The summed E-state index contributed by atoms with van der Waals surface area (Å²) in [6.45, 7) is 11.8. The summed E-state index contributed by atoms with van der Waals surface area (Å²) < 4.78 is 5.30. The summed E-state index contributed by atoms with van der Waals surface area (Å²) in [5.41, 5.74) is 6.32. The van der Waals surface area contributed by atoms with Gasteiger partial charge in [0.15, 0.2) is 0 Å². The van der Waals surface area contributed by atoms with Gasteiger partial charge in [-0.3, -0.25) is 0 Å². The summed E-state index contributed by atoms with van der Waals surface area (Å²) >= 11 is 0. The van der Waals surface area contributed by atoms with Gasteiger partial charge in [-0.25, -0.2) is 4.79 Å². The van der Waals surface area contributed by atoms with Gasteiger partial charge in [0.05, 0.1) is 0 Å². The quantitative estimate of drug-likeness (QED) is 0.895. The van der Waals surface area contributed by atoms with Crippen molar-refractivity contribution in [1.29, 1.82) is 0 Å². The molecule has 1 aromatic carbocycles. The minimum Gasteiger partial charge on any atom is -0.444 e. The van der Waals surface area contributed by atoms with Gasteiger partial charge >= 0.3 is 6.09 Å². The first-order valence-electron chi connectivity index (χ1n) is 7.99. The Bertz CT molecular complexity index is 399. The van der Waals surface area contributed by atoms with Crippen molar-refractivity contribution < 1.29 is 9.53 Å². The molecule has 0 aromatic heterocycles. The van der Waals surface area contributed by atoms with Gasteiger partial charge in [-0.15, -0.1) is 0 Å². The zero-order valence-electron chi connectivity index (χ0n) is 14.8. The number of aryl methyl sites for hydroxylation is 1. The van der Waals surface area contributed by atoms with Crippen molar-refractivity contribution >= 4 is 6.09 Å². The smallest absolute Gasteiger partial charge is 0.410 e. The van der Waals surface area contributed by atoms with Crippen LogP contribution in [0.15, 0.2) is 30.3 Å². The lowest BCUT2D eigenvalue weighted by molar-refractivity contribution is 0.0249. The van der Waals surface area contributed by atoms with Crippen LogP contribution in [0.5, 0.6) is 0 Å². The Morgan fingerprint density at radius 2 is 1.77 bits per heavy atom. The van der Waals surface area contributed by atoms with Gasteiger partial charge in [0, 0.05) is 13.1 Å². The van der Waals surface area contributed by atoms with Crippen molar-refractivity contribution in [2.75, 3.05) is 19.6 Å². The first kappa shape index (κ1) is 20.5. The van der Waals surface area contributed by atoms with Gasteiger partial charge < -0.3 is 15.4 Å². The summed E-state index contributed by atoms with van der Waals surface area (Å²) in [5.74, 6) is 0. The topological polar surface area (TPSA) is 55.6 Å². The van der Waals surface area contributed by atoms with Crippen LogP contribution < -0.4 is 5.73 Å². The molecule has 0 heterocycles. The molecule has 4 heteroatoms. The van der Waals surface area contributed by atoms with E-state index in [1.54, 1.807) is 4.90 Å². The number of benzene rings is 1. The number of rotatable bonds is 5. The summed E-state index contributed by atoms with van der Waals surface area (Å²) in [5, 5.41) is 0. The molecule has 0 bridgehead atoms. The molecule has 0 spiro atoms.